The summed E-state index contributed by atoms with van der Waals surface area (Å²) in [5.41, 5.74) is -0.593. The molecule has 0 heterocycles. The van der Waals surface area contributed by atoms with E-state index in [2.05, 4.69) is 0 Å². The Bertz CT molecular complexity index is 625. The molecule has 15 heavy (non-hydrogen) atoms. The summed E-state index contributed by atoms with van der Waals surface area (Å²) in [5.74, 6) is -0.496. The third-order valence-corrected chi connectivity index (χ3v) is 2.19. The molecular weight excluding hydrogens is 194 g/mol. The van der Waals surface area contributed by atoms with Crippen molar-refractivity contribution in [2.45, 2.75) is 0 Å². The summed E-state index contributed by atoms with van der Waals surface area (Å²) in [6.07, 6.45) is 0. The first-order valence-electron chi connectivity index (χ1n) is 4.18. The SMILES string of the molecule is N#Cc1ccc(-c2c(O)c(=O)c2=O)cc1. The molecule has 0 aliphatic rings. The van der Waals surface area contributed by atoms with Crippen LogP contribution in [0.2, 0.25) is 0 Å². The molecule has 2 aromatic carbocycles. The van der Waals surface area contributed by atoms with Crippen LogP contribution in [-0.2, 0) is 0 Å². The van der Waals surface area contributed by atoms with Crippen molar-refractivity contribution in [3.8, 4) is 22.9 Å². The van der Waals surface area contributed by atoms with E-state index >= 15 is 0 Å². The van der Waals surface area contributed by atoms with Gasteiger partial charge in [0, 0.05) is 0 Å². The fraction of sp³-hybridized carbons (Fsp3) is 0. The predicted octanol–water partition coefficient (Wildman–Crippen LogP) is 0.527. The smallest absolute Gasteiger partial charge is 0.268 e. The molecular formula is C11H5NO3. The Kier molecular flexibility index (Phi) is 1.87. The zero-order valence-electron chi connectivity index (χ0n) is 7.52. The summed E-state index contributed by atoms with van der Waals surface area (Å²) < 4.78 is 0. The average molecular weight is 199 g/mol. The second-order valence-electron chi connectivity index (χ2n) is 3.07. The van der Waals surface area contributed by atoms with Crippen LogP contribution in [0.4, 0.5) is 0 Å². The fourth-order valence-corrected chi connectivity index (χ4v) is 1.36. The summed E-state index contributed by atoms with van der Waals surface area (Å²) in [4.78, 5) is 21.9. The third-order valence-electron chi connectivity index (χ3n) is 2.19. The van der Waals surface area contributed by atoms with Gasteiger partial charge in [-0.15, -0.1) is 0 Å². The van der Waals surface area contributed by atoms with E-state index in [1.165, 1.54) is 24.3 Å². The Morgan fingerprint density at radius 1 is 1.07 bits per heavy atom. The van der Waals surface area contributed by atoms with Crippen LogP contribution in [0, 0.1) is 11.3 Å². The van der Waals surface area contributed by atoms with Crippen molar-refractivity contribution >= 4 is 0 Å². The molecule has 0 saturated heterocycles. The van der Waals surface area contributed by atoms with Gasteiger partial charge in [-0.3, -0.25) is 9.59 Å². The quantitative estimate of drug-likeness (QED) is 0.679. The van der Waals surface area contributed by atoms with Gasteiger partial charge < -0.3 is 5.11 Å². The van der Waals surface area contributed by atoms with E-state index in [1.54, 1.807) is 0 Å². The molecule has 0 spiro atoms. The van der Waals surface area contributed by atoms with Gasteiger partial charge in [-0.25, -0.2) is 0 Å². The molecule has 4 nitrogen and oxygen atoms in total. The topological polar surface area (TPSA) is 78.2 Å². The molecule has 1 N–H and O–H groups in total. The number of hydrogen-bond acceptors (Lipinski definition) is 4. The molecule has 0 saturated carbocycles. The van der Waals surface area contributed by atoms with Crippen molar-refractivity contribution in [1.82, 2.24) is 0 Å². The summed E-state index contributed by atoms with van der Waals surface area (Å²) in [6.45, 7) is 0. The van der Waals surface area contributed by atoms with Crippen molar-refractivity contribution in [2.75, 3.05) is 0 Å². The number of benzene rings is 1. The first-order chi connectivity index (χ1) is 7.15. The van der Waals surface area contributed by atoms with Crippen molar-refractivity contribution in [3.63, 3.8) is 0 Å². The highest BCUT2D eigenvalue weighted by molar-refractivity contribution is 5.73. The first kappa shape index (κ1) is 9.16. The van der Waals surface area contributed by atoms with Crippen LogP contribution in [0.1, 0.15) is 5.56 Å². The zero-order valence-corrected chi connectivity index (χ0v) is 7.52. The molecule has 0 aliphatic carbocycles. The number of rotatable bonds is 1. The molecule has 0 unspecified atom stereocenters. The van der Waals surface area contributed by atoms with Crippen LogP contribution < -0.4 is 10.9 Å². The van der Waals surface area contributed by atoms with Crippen molar-refractivity contribution in [2.24, 2.45) is 0 Å². The standard InChI is InChI=1S/C11H5NO3/c12-5-6-1-3-7(4-2-6)8-9(13)11(15)10(8)14/h1-4,13H. The molecule has 2 aromatic rings. The summed E-state index contributed by atoms with van der Waals surface area (Å²) in [5, 5.41) is 17.7. The minimum Gasteiger partial charge on any atom is -0.503 e. The third kappa shape index (κ3) is 1.22. The second-order valence-corrected chi connectivity index (χ2v) is 3.07. The number of nitrogens with zero attached hydrogens (tertiary/aromatic N) is 1. The minimum atomic E-state index is -0.852. The molecule has 0 atom stereocenters. The van der Waals surface area contributed by atoms with Gasteiger partial charge in [0.15, 0.2) is 5.75 Å². The van der Waals surface area contributed by atoms with Gasteiger partial charge in [0.2, 0.25) is 5.43 Å². The van der Waals surface area contributed by atoms with E-state index < -0.39 is 16.6 Å². The maximum absolute atomic E-state index is 11.1. The van der Waals surface area contributed by atoms with Crippen molar-refractivity contribution < 1.29 is 5.11 Å². The normalized spacial score (nSPS) is 10.1. The summed E-state index contributed by atoms with van der Waals surface area (Å²) in [6, 6.07) is 8.01. The highest BCUT2D eigenvalue weighted by Crippen LogP contribution is 2.23. The van der Waals surface area contributed by atoms with Gasteiger partial charge in [-0.1, -0.05) is 12.1 Å². The lowest BCUT2D eigenvalue weighted by atomic mass is 9.99. The van der Waals surface area contributed by atoms with Crippen LogP contribution in [0.15, 0.2) is 33.9 Å². The fourth-order valence-electron chi connectivity index (χ4n) is 1.36. The Hall–Kier alpha value is -2.41. The molecule has 0 bridgehead atoms. The summed E-state index contributed by atoms with van der Waals surface area (Å²) >= 11 is 0. The van der Waals surface area contributed by atoms with Gasteiger partial charge in [0.25, 0.3) is 5.43 Å². The molecule has 0 amide bonds. The lowest BCUT2D eigenvalue weighted by molar-refractivity contribution is 0.465. The van der Waals surface area contributed by atoms with E-state index in [0.29, 0.717) is 11.1 Å². The molecule has 72 valence electrons. The predicted molar refractivity (Wildman–Crippen MR) is 53.2 cm³/mol. The van der Waals surface area contributed by atoms with E-state index in [9.17, 15) is 14.7 Å². The maximum Gasteiger partial charge on any atom is 0.268 e. The summed E-state index contributed by atoms with van der Waals surface area (Å²) in [7, 11) is 0. The van der Waals surface area contributed by atoms with Crippen LogP contribution in [0.25, 0.3) is 11.1 Å². The van der Waals surface area contributed by atoms with Crippen LogP contribution in [-0.4, -0.2) is 5.11 Å². The number of hydrogen-bond donors (Lipinski definition) is 1. The highest BCUT2D eigenvalue weighted by atomic mass is 16.3. The maximum atomic E-state index is 11.1. The van der Waals surface area contributed by atoms with Gasteiger partial charge in [0.1, 0.15) is 0 Å². The lowest BCUT2D eigenvalue weighted by Gasteiger charge is -2.04. The number of aromatic hydroxyl groups is 1. The van der Waals surface area contributed by atoms with E-state index in [-0.39, 0.29) is 5.56 Å². The molecule has 2 rings (SSSR count). The largest absolute Gasteiger partial charge is 0.503 e. The Balaban J connectivity index is 2.54. The Labute approximate surface area is 84.3 Å². The van der Waals surface area contributed by atoms with Crippen molar-refractivity contribution in [1.29, 1.82) is 5.26 Å². The van der Waals surface area contributed by atoms with Gasteiger partial charge >= 0.3 is 0 Å². The molecule has 0 radical (unpaired) electrons. The highest BCUT2D eigenvalue weighted by Gasteiger charge is 2.20. The minimum absolute atomic E-state index is 0.0319. The monoisotopic (exact) mass is 199 g/mol. The number of nitriles is 1. The van der Waals surface area contributed by atoms with E-state index in [1.807, 2.05) is 6.07 Å². The zero-order chi connectivity index (χ0) is 11.0. The van der Waals surface area contributed by atoms with E-state index in [0.717, 1.165) is 0 Å². The van der Waals surface area contributed by atoms with E-state index in [4.69, 9.17) is 5.26 Å². The Morgan fingerprint density at radius 2 is 1.67 bits per heavy atom. The molecule has 0 fully saturated rings. The molecule has 4 heteroatoms. The van der Waals surface area contributed by atoms with Crippen molar-refractivity contribution in [3.05, 3.63) is 50.3 Å². The lowest BCUT2D eigenvalue weighted by Crippen LogP contribution is -2.31. The van der Waals surface area contributed by atoms with Gasteiger partial charge in [-0.05, 0) is 17.7 Å². The average Bonchev–Trinajstić information content (AvgIpc) is 2.30. The van der Waals surface area contributed by atoms with Crippen LogP contribution >= 0.6 is 0 Å². The molecule has 0 aliphatic heterocycles. The van der Waals surface area contributed by atoms with Gasteiger partial charge in [-0.2, -0.15) is 5.26 Å². The Morgan fingerprint density at radius 3 is 2.13 bits per heavy atom. The first-order valence-corrected chi connectivity index (χ1v) is 4.18. The van der Waals surface area contributed by atoms with Crippen LogP contribution in [0.3, 0.4) is 0 Å². The molecule has 0 aromatic heterocycles. The second kappa shape index (κ2) is 3.07. The van der Waals surface area contributed by atoms with Crippen LogP contribution in [0.5, 0.6) is 5.75 Å². The van der Waals surface area contributed by atoms with Gasteiger partial charge in [0.05, 0.1) is 17.2 Å².